The number of rotatable bonds is 3. The minimum absolute atomic E-state index is 0.210. The molecule has 66 valence electrons. The van der Waals surface area contributed by atoms with E-state index in [1.54, 1.807) is 10.9 Å². The van der Waals surface area contributed by atoms with Gasteiger partial charge in [0.1, 0.15) is 5.84 Å². The molecule has 1 aromatic rings. The Labute approximate surface area is 78.0 Å². The number of hydrogen-bond acceptors (Lipinski definition) is 3. The molecule has 12 heavy (non-hydrogen) atoms. The molecule has 0 aromatic carbocycles. The number of nitrogens with two attached hydrogens (primary N) is 1. The Hall–Kier alpha value is -1.04. The molecule has 0 aliphatic rings. The Morgan fingerprint density at radius 2 is 2.58 bits per heavy atom. The number of aromatic nitrogens is 2. The summed E-state index contributed by atoms with van der Waals surface area (Å²) in [5.74, 6) is 0.210. The Morgan fingerprint density at radius 3 is 3.08 bits per heavy atom. The molecule has 5 nitrogen and oxygen atoms in total. The van der Waals surface area contributed by atoms with Crippen LogP contribution < -0.4 is 5.73 Å². The second kappa shape index (κ2) is 4.10. The molecule has 1 heterocycles. The van der Waals surface area contributed by atoms with Crippen LogP contribution in [0.15, 0.2) is 22.0 Å². The fourth-order valence-electron chi connectivity index (χ4n) is 0.740. The van der Waals surface area contributed by atoms with Crippen LogP contribution in [-0.4, -0.2) is 20.8 Å². The normalized spacial score (nSPS) is 11.9. The second-order valence-corrected chi connectivity index (χ2v) is 3.18. The first-order chi connectivity index (χ1) is 5.72. The zero-order valence-corrected chi connectivity index (χ0v) is 7.90. The summed E-state index contributed by atoms with van der Waals surface area (Å²) in [4.78, 5) is 0. The predicted molar refractivity (Wildman–Crippen MR) is 48.0 cm³/mol. The average Bonchev–Trinajstić information content (AvgIpc) is 2.47. The molecule has 0 aliphatic heterocycles. The first kappa shape index (κ1) is 9.05. The molecule has 0 saturated carbocycles. The maximum Gasteiger partial charge on any atom is 0.140 e. The van der Waals surface area contributed by atoms with Crippen LogP contribution in [0, 0.1) is 0 Å². The van der Waals surface area contributed by atoms with Gasteiger partial charge in [0.05, 0.1) is 10.7 Å². The van der Waals surface area contributed by atoms with Crippen LogP contribution in [-0.2, 0) is 6.54 Å². The van der Waals surface area contributed by atoms with Gasteiger partial charge in [0.2, 0.25) is 0 Å². The van der Waals surface area contributed by atoms with E-state index in [4.69, 9.17) is 10.9 Å². The third kappa shape index (κ3) is 2.54. The van der Waals surface area contributed by atoms with Gasteiger partial charge >= 0.3 is 0 Å². The van der Waals surface area contributed by atoms with E-state index in [2.05, 4.69) is 26.2 Å². The van der Waals surface area contributed by atoms with Crippen molar-refractivity contribution in [1.82, 2.24) is 9.78 Å². The van der Waals surface area contributed by atoms with E-state index in [0.717, 1.165) is 4.47 Å². The van der Waals surface area contributed by atoms with Gasteiger partial charge in [0.25, 0.3) is 0 Å². The summed E-state index contributed by atoms with van der Waals surface area (Å²) in [5, 5.41) is 15.1. The van der Waals surface area contributed by atoms with Crippen molar-refractivity contribution in [2.24, 2.45) is 10.9 Å². The third-order valence-electron chi connectivity index (χ3n) is 1.33. The van der Waals surface area contributed by atoms with Gasteiger partial charge in [-0.2, -0.15) is 5.10 Å². The van der Waals surface area contributed by atoms with Gasteiger partial charge in [-0.3, -0.25) is 4.68 Å². The lowest BCUT2D eigenvalue weighted by atomic mass is 10.4. The van der Waals surface area contributed by atoms with Gasteiger partial charge in [-0.25, -0.2) is 0 Å². The number of halogens is 1. The molecule has 0 aliphatic carbocycles. The molecule has 0 spiro atoms. The number of amidine groups is 1. The molecular formula is C6H9BrN4O. The number of hydrogen-bond donors (Lipinski definition) is 2. The molecular weight excluding hydrogens is 224 g/mol. The van der Waals surface area contributed by atoms with Crippen LogP contribution >= 0.6 is 15.9 Å². The van der Waals surface area contributed by atoms with Crippen LogP contribution in [0.1, 0.15) is 6.42 Å². The molecule has 0 atom stereocenters. The van der Waals surface area contributed by atoms with E-state index in [-0.39, 0.29) is 5.84 Å². The van der Waals surface area contributed by atoms with Crippen LogP contribution in [0.3, 0.4) is 0 Å². The predicted octanol–water partition coefficient (Wildman–Crippen LogP) is 0.782. The second-order valence-electron chi connectivity index (χ2n) is 2.26. The van der Waals surface area contributed by atoms with E-state index < -0.39 is 0 Å². The molecule has 1 rings (SSSR count). The summed E-state index contributed by atoms with van der Waals surface area (Å²) >= 11 is 3.26. The molecule has 1 aromatic heterocycles. The molecule has 0 amide bonds. The minimum Gasteiger partial charge on any atom is -0.409 e. The van der Waals surface area contributed by atoms with Gasteiger partial charge in [-0.15, -0.1) is 0 Å². The zero-order chi connectivity index (χ0) is 8.97. The Morgan fingerprint density at radius 1 is 1.83 bits per heavy atom. The topological polar surface area (TPSA) is 76.4 Å². The van der Waals surface area contributed by atoms with Crippen LogP contribution in [0.25, 0.3) is 0 Å². The van der Waals surface area contributed by atoms with E-state index in [1.165, 1.54) is 0 Å². The molecule has 0 fully saturated rings. The first-order valence-electron chi connectivity index (χ1n) is 3.36. The summed E-state index contributed by atoms with van der Waals surface area (Å²) in [6.45, 7) is 0.613. The minimum atomic E-state index is 0.210. The van der Waals surface area contributed by atoms with Gasteiger partial charge < -0.3 is 10.9 Å². The van der Waals surface area contributed by atoms with Crippen molar-refractivity contribution in [1.29, 1.82) is 0 Å². The van der Waals surface area contributed by atoms with Gasteiger partial charge in [-0.05, 0) is 15.9 Å². The summed E-state index contributed by atoms with van der Waals surface area (Å²) in [5.41, 5.74) is 5.27. The van der Waals surface area contributed by atoms with Crippen molar-refractivity contribution in [3.8, 4) is 0 Å². The van der Waals surface area contributed by atoms with E-state index in [9.17, 15) is 0 Å². The van der Waals surface area contributed by atoms with Crippen molar-refractivity contribution in [2.45, 2.75) is 13.0 Å². The third-order valence-corrected chi connectivity index (χ3v) is 1.74. The summed E-state index contributed by atoms with van der Waals surface area (Å²) in [6.07, 6.45) is 4.00. The quantitative estimate of drug-likeness (QED) is 0.350. The Kier molecular flexibility index (Phi) is 3.09. The lowest BCUT2D eigenvalue weighted by Crippen LogP contribution is -2.14. The summed E-state index contributed by atoms with van der Waals surface area (Å²) in [6, 6.07) is 0. The van der Waals surface area contributed by atoms with Crippen LogP contribution in [0.4, 0.5) is 0 Å². The Bertz CT molecular complexity index is 283. The lowest BCUT2D eigenvalue weighted by Gasteiger charge is -1.98. The zero-order valence-electron chi connectivity index (χ0n) is 6.31. The summed E-state index contributed by atoms with van der Waals surface area (Å²) in [7, 11) is 0. The smallest absolute Gasteiger partial charge is 0.140 e. The molecule has 0 saturated heterocycles. The van der Waals surface area contributed by atoms with Gasteiger partial charge in [0.15, 0.2) is 0 Å². The van der Waals surface area contributed by atoms with Crippen LogP contribution in [0.2, 0.25) is 0 Å². The highest BCUT2D eigenvalue weighted by Gasteiger charge is 1.96. The SMILES string of the molecule is N/C(CCn1cc(Br)cn1)=N\O. The number of oxime groups is 1. The number of nitrogens with zero attached hydrogens (tertiary/aromatic N) is 3. The first-order valence-corrected chi connectivity index (χ1v) is 4.16. The monoisotopic (exact) mass is 232 g/mol. The van der Waals surface area contributed by atoms with Crippen molar-refractivity contribution < 1.29 is 5.21 Å². The highest BCUT2D eigenvalue weighted by Crippen LogP contribution is 2.06. The molecule has 0 bridgehead atoms. The van der Waals surface area contributed by atoms with Crippen molar-refractivity contribution in [2.75, 3.05) is 0 Å². The van der Waals surface area contributed by atoms with Crippen molar-refractivity contribution >= 4 is 21.8 Å². The van der Waals surface area contributed by atoms with Gasteiger partial charge in [0, 0.05) is 19.2 Å². The van der Waals surface area contributed by atoms with Crippen molar-refractivity contribution in [3.05, 3.63) is 16.9 Å². The Balaban J connectivity index is 2.43. The van der Waals surface area contributed by atoms with Crippen molar-refractivity contribution in [3.63, 3.8) is 0 Å². The van der Waals surface area contributed by atoms with Crippen LogP contribution in [0.5, 0.6) is 0 Å². The van der Waals surface area contributed by atoms with Gasteiger partial charge in [-0.1, -0.05) is 5.16 Å². The highest BCUT2D eigenvalue weighted by atomic mass is 79.9. The van der Waals surface area contributed by atoms with E-state index >= 15 is 0 Å². The number of aryl methyl sites for hydroxylation is 1. The highest BCUT2D eigenvalue weighted by molar-refractivity contribution is 9.10. The maximum absolute atomic E-state index is 8.24. The maximum atomic E-state index is 8.24. The molecule has 0 radical (unpaired) electrons. The summed E-state index contributed by atoms with van der Waals surface area (Å²) < 4.78 is 2.63. The van der Waals surface area contributed by atoms with E-state index in [1.807, 2.05) is 6.20 Å². The average molecular weight is 233 g/mol. The van der Waals surface area contributed by atoms with E-state index in [0.29, 0.717) is 13.0 Å². The largest absolute Gasteiger partial charge is 0.409 e. The molecule has 3 N–H and O–H groups in total. The molecule has 0 unspecified atom stereocenters. The lowest BCUT2D eigenvalue weighted by molar-refractivity contribution is 0.316. The fourth-order valence-corrected chi connectivity index (χ4v) is 1.07. The standard InChI is InChI=1S/C6H9BrN4O/c7-5-3-9-11(4-5)2-1-6(8)10-12/h3-4,12H,1-2H2,(H2,8,10). The fraction of sp³-hybridized carbons (Fsp3) is 0.333. The molecule has 6 heteroatoms.